The summed E-state index contributed by atoms with van der Waals surface area (Å²) < 4.78 is 16.5. The standard InChI is InChI=1S/C18H19N5O4S/c1-25-16-12(3-2-4-13(16)23-5-7-26-8-6-23)17(24)20-10-15-21-22-18(27-15)14-9-19-11-28-14/h2-4,9,11H,5-8,10H2,1H3,(H,20,24). The largest absolute Gasteiger partial charge is 0.494 e. The molecule has 0 unspecified atom stereocenters. The molecule has 4 rings (SSSR count). The van der Waals surface area contributed by atoms with E-state index < -0.39 is 0 Å². The monoisotopic (exact) mass is 401 g/mol. The van der Waals surface area contributed by atoms with Gasteiger partial charge in [-0.3, -0.25) is 9.78 Å². The highest BCUT2D eigenvalue weighted by Gasteiger charge is 2.21. The van der Waals surface area contributed by atoms with Crippen LogP contribution in [0.4, 0.5) is 5.69 Å². The van der Waals surface area contributed by atoms with Crippen molar-refractivity contribution in [3.05, 3.63) is 41.4 Å². The summed E-state index contributed by atoms with van der Waals surface area (Å²) in [6.07, 6.45) is 1.66. The summed E-state index contributed by atoms with van der Waals surface area (Å²) in [6.45, 7) is 2.93. The lowest BCUT2D eigenvalue weighted by molar-refractivity contribution is 0.0944. The van der Waals surface area contributed by atoms with E-state index >= 15 is 0 Å². The van der Waals surface area contributed by atoms with Crippen LogP contribution in [0, 0.1) is 0 Å². The molecule has 9 nitrogen and oxygen atoms in total. The van der Waals surface area contributed by atoms with Gasteiger partial charge in [-0.15, -0.1) is 21.5 Å². The SMILES string of the molecule is COc1c(C(=O)NCc2nnc(-c3cncs3)o2)cccc1N1CCOCC1. The summed E-state index contributed by atoms with van der Waals surface area (Å²) in [4.78, 5) is 19.7. The molecular weight excluding hydrogens is 382 g/mol. The molecule has 146 valence electrons. The smallest absolute Gasteiger partial charge is 0.259 e. The molecule has 28 heavy (non-hydrogen) atoms. The van der Waals surface area contributed by atoms with Crippen LogP contribution in [0.5, 0.6) is 5.75 Å². The maximum absolute atomic E-state index is 12.7. The van der Waals surface area contributed by atoms with Gasteiger partial charge in [0, 0.05) is 13.1 Å². The summed E-state index contributed by atoms with van der Waals surface area (Å²) in [5.41, 5.74) is 3.02. The molecule has 0 radical (unpaired) electrons. The molecule has 0 aliphatic carbocycles. The molecule has 1 aliphatic heterocycles. The van der Waals surface area contributed by atoms with Crippen LogP contribution in [0.3, 0.4) is 0 Å². The second kappa shape index (κ2) is 8.36. The Labute approximate surface area is 165 Å². The van der Waals surface area contributed by atoms with Gasteiger partial charge in [-0.25, -0.2) is 0 Å². The number of thiazole rings is 1. The highest BCUT2D eigenvalue weighted by Crippen LogP contribution is 2.32. The van der Waals surface area contributed by atoms with Crippen LogP contribution in [-0.2, 0) is 11.3 Å². The fourth-order valence-electron chi connectivity index (χ4n) is 2.97. The Bertz CT molecular complexity index is 937. The van der Waals surface area contributed by atoms with Crippen molar-refractivity contribution in [3.63, 3.8) is 0 Å². The molecule has 2 aromatic heterocycles. The molecule has 1 aliphatic rings. The van der Waals surface area contributed by atoms with Gasteiger partial charge in [0.2, 0.25) is 5.89 Å². The quantitative estimate of drug-likeness (QED) is 0.669. The number of carbonyl (C=O) groups is 1. The Morgan fingerprint density at radius 1 is 1.32 bits per heavy atom. The van der Waals surface area contributed by atoms with E-state index in [1.165, 1.54) is 11.3 Å². The van der Waals surface area contributed by atoms with Gasteiger partial charge in [0.15, 0.2) is 5.75 Å². The third-order valence-electron chi connectivity index (χ3n) is 4.30. The third kappa shape index (κ3) is 3.82. The maximum Gasteiger partial charge on any atom is 0.259 e. The topological polar surface area (TPSA) is 103 Å². The first kappa shape index (κ1) is 18.4. The Morgan fingerprint density at radius 3 is 2.93 bits per heavy atom. The van der Waals surface area contributed by atoms with E-state index in [1.807, 2.05) is 12.1 Å². The predicted octanol–water partition coefficient (Wildman–Crippen LogP) is 1.97. The summed E-state index contributed by atoms with van der Waals surface area (Å²) in [5, 5.41) is 10.8. The van der Waals surface area contributed by atoms with E-state index in [4.69, 9.17) is 13.9 Å². The zero-order valence-electron chi connectivity index (χ0n) is 15.3. The van der Waals surface area contributed by atoms with Gasteiger partial charge in [0.25, 0.3) is 11.8 Å². The lowest BCUT2D eigenvalue weighted by atomic mass is 10.1. The van der Waals surface area contributed by atoms with Gasteiger partial charge in [0.1, 0.15) is 4.88 Å². The van der Waals surface area contributed by atoms with Crippen LogP contribution in [0.15, 0.2) is 34.3 Å². The number of nitrogens with one attached hydrogen (secondary N) is 1. The molecule has 3 heterocycles. The highest BCUT2D eigenvalue weighted by molar-refractivity contribution is 7.13. The molecule has 1 fully saturated rings. The number of amides is 1. The molecule has 1 amide bonds. The lowest BCUT2D eigenvalue weighted by Gasteiger charge is -2.30. The number of anilines is 1. The van der Waals surface area contributed by atoms with Crippen molar-refractivity contribution < 1.29 is 18.7 Å². The van der Waals surface area contributed by atoms with Crippen molar-refractivity contribution in [1.82, 2.24) is 20.5 Å². The molecule has 0 bridgehead atoms. The number of morpholine rings is 1. The first-order valence-corrected chi connectivity index (χ1v) is 9.63. The summed E-state index contributed by atoms with van der Waals surface area (Å²) in [6, 6.07) is 5.52. The molecule has 0 saturated carbocycles. The normalized spacial score (nSPS) is 14.1. The fourth-order valence-corrected chi connectivity index (χ4v) is 3.51. The van der Waals surface area contributed by atoms with Crippen molar-refractivity contribution in [1.29, 1.82) is 0 Å². The Morgan fingerprint density at radius 2 is 2.18 bits per heavy atom. The van der Waals surface area contributed by atoms with E-state index in [0.717, 1.165) is 23.7 Å². The third-order valence-corrected chi connectivity index (χ3v) is 5.07. The van der Waals surface area contributed by atoms with E-state index in [2.05, 4.69) is 25.4 Å². The van der Waals surface area contributed by atoms with Crippen molar-refractivity contribution >= 4 is 22.9 Å². The van der Waals surface area contributed by atoms with Gasteiger partial charge in [0.05, 0.1) is 49.8 Å². The van der Waals surface area contributed by atoms with E-state index in [1.54, 1.807) is 24.9 Å². The van der Waals surface area contributed by atoms with Crippen LogP contribution in [0.25, 0.3) is 10.8 Å². The van der Waals surface area contributed by atoms with Crippen LogP contribution < -0.4 is 15.0 Å². The number of hydrogen-bond acceptors (Lipinski definition) is 9. The second-order valence-corrected chi connectivity index (χ2v) is 6.89. The van der Waals surface area contributed by atoms with Gasteiger partial charge < -0.3 is 24.1 Å². The number of nitrogens with zero attached hydrogens (tertiary/aromatic N) is 4. The first-order valence-electron chi connectivity index (χ1n) is 8.75. The predicted molar refractivity (Wildman–Crippen MR) is 103 cm³/mol. The number of hydrogen-bond donors (Lipinski definition) is 1. The maximum atomic E-state index is 12.7. The van der Waals surface area contributed by atoms with Crippen molar-refractivity contribution in [2.45, 2.75) is 6.54 Å². The fraction of sp³-hybridized carbons (Fsp3) is 0.333. The van der Waals surface area contributed by atoms with Gasteiger partial charge in [-0.1, -0.05) is 6.07 Å². The second-order valence-electron chi connectivity index (χ2n) is 6.01. The minimum atomic E-state index is -0.274. The number of benzene rings is 1. The number of para-hydroxylation sites is 1. The summed E-state index contributed by atoms with van der Waals surface area (Å²) >= 11 is 1.41. The Balaban J connectivity index is 1.47. The van der Waals surface area contributed by atoms with Crippen LogP contribution in [0.1, 0.15) is 16.2 Å². The first-order chi connectivity index (χ1) is 13.8. The average Bonchev–Trinajstić information content (AvgIpc) is 3.44. The van der Waals surface area contributed by atoms with Gasteiger partial charge in [-0.05, 0) is 12.1 Å². The minimum Gasteiger partial charge on any atom is -0.494 e. The zero-order chi connectivity index (χ0) is 19.3. The van der Waals surface area contributed by atoms with Crippen molar-refractivity contribution in [2.24, 2.45) is 0 Å². The van der Waals surface area contributed by atoms with E-state index in [0.29, 0.717) is 36.3 Å². The molecule has 0 atom stereocenters. The highest BCUT2D eigenvalue weighted by atomic mass is 32.1. The number of carbonyl (C=O) groups excluding carboxylic acids is 1. The number of ether oxygens (including phenoxy) is 2. The molecular formula is C18H19N5O4S. The molecule has 1 N–H and O–H groups in total. The molecule has 3 aromatic rings. The van der Waals surface area contributed by atoms with Gasteiger partial charge in [-0.2, -0.15) is 0 Å². The Hall–Kier alpha value is -2.98. The number of rotatable bonds is 6. The molecule has 10 heteroatoms. The minimum absolute atomic E-state index is 0.121. The number of aromatic nitrogens is 3. The molecule has 1 saturated heterocycles. The van der Waals surface area contributed by atoms with Crippen LogP contribution >= 0.6 is 11.3 Å². The lowest BCUT2D eigenvalue weighted by Crippen LogP contribution is -2.36. The van der Waals surface area contributed by atoms with Crippen molar-refractivity contribution in [3.8, 4) is 16.5 Å². The Kier molecular flexibility index (Phi) is 5.49. The average molecular weight is 401 g/mol. The van der Waals surface area contributed by atoms with Crippen LogP contribution in [-0.4, -0.2) is 54.5 Å². The number of methoxy groups -OCH3 is 1. The van der Waals surface area contributed by atoms with E-state index in [9.17, 15) is 4.79 Å². The molecule has 1 aromatic carbocycles. The van der Waals surface area contributed by atoms with Crippen LogP contribution in [0.2, 0.25) is 0 Å². The summed E-state index contributed by atoms with van der Waals surface area (Å²) in [7, 11) is 1.56. The van der Waals surface area contributed by atoms with E-state index in [-0.39, 0.29) is 12.5 Å². The summed E-state index contributed by atoms with van der Waals surface area (Å²) in [5.74, 6) is 0.973. The molecule has 0 spiro atoms. The van der Waals surface area contributed by atoms with Crippen molar-refractivity contribution in [2.75, 3.05) is 38.3 Å². The zero-order valence-corrected chi connectivity index (χ0v) is 16.1. The van der Waals surface area contributed by atoms with Gasteiger partial charge >= 0.3 is 0 Å².